The molecular formula is C22H15F4N3. The highest BCUT2D eigenvalue weighted by atomic mass is 19.4. The second kappa shape index (κ2) is 7.16. The van der Waals surface area contributed by atoms with Crippen LogP contribution in [0.4, 0.5) is 17.6 Å². The van der Waals surface area contributed by atoms with Crippen LogP contribution < -0.4 is 0 Å². The topological polar surface area (TPSA) is 30.7 Å². The molecule has 0 saturated heterocycles. The molecule has 0 saturated carbocycles. The highest BCUT2D eigenvalue weighted by molar-refractivity contribution is 5.67. The number of aryl methyl sites for hydroxylation is 1. The van der Waals surface area contributed by atoms with E-state index in [1.54, 1.807) is 41.8 Å². The van der Waals surface area contributed by atoms with Crippen LogP contribution >= 0.6 is 0 Å². The molecule has 1 aromatic heterocycles. The van der Waals surface area contributed by atoms with Crippen LogP contribution in [0.2, 0.25) is 0 Å². The molecule has 0 spiro atoms. The molecule has 0 bridgehead atoms. The van der Waals surface area contributed by atoms with Gasteiger partial charge < -0.3 is 0 Å². The van der Waals surface area contributed by atoms with Gasteiger partial charge in [-0.25, -0.2) is 4.39 Å². The maximum absolute atomic E-state index is 13.3. The lowest BCUT2D eigenvalue weighted by Crippen LogP contribution is -2.06. The molecular weight excluding hydrogens is 382 g/mol. The van der Waals surface area contributed by atoms with Gasteiger partial charge in [0.1, 0.15) is 5.82 Å². The Morgan fingerprint density at radius 3 is 2.00 bits per heavy atom. The lowest BCUT2D eigenvalue weighted by atomic mass is 10.1. The number of hydrogen-bond donors (Lipinski definition) is 0. The first kappa shape index (κ1) is 18.9. The van der Waals surface area contributed by atoms with E-state index in [2.05, 4.69) is 10.2 Å². The van der Waals surface area contributed by atoms with Gasteiger partial charge in [-0.2, -0.15) is 13.2 Å². The van der Waals surface area contributed by atoms with Crippen LogP contribution in [0.1, 0.15) is 11.1 Å². The summed E-state index contributed by atoms with van der Waals surface area (Å²) in [5, 5.41) is 8.38. The summed E-state index contributed by atoms with van der Waals surface area (Å²) < 4.78 is 55.0. The smallest absolute Gasteiger partial charge is 0.275 e. The van der Waals surface area contributed by atoms with Crippen molar-refractivity contribution < 1.29 is 17.6 Å². The summed E-state index contributed by atoms with van der Waals surface area (Å²) in [6.45, 7) is 1.60. The number of rotatable bonds is 3. The second-order valence-electron chi connectivity index (χ2n) is 6.61. The Morgan fingerprint density at radius 1 is 0.759 bits per heavy atom. The molecule has 0 fully saturated rings. The Morgan fingerprint density at radius 2 is 1.38 bits per heavy atom. The molecule has 0 amide bonds. The number of hydrogen-bond acceptors (Lipinski definition) is 2. The summed E-state index contributed by atoms with van der Waals surface area (Å²) in [4.78, 5) is 0. The van der Waals surface area contributed by atoms with Crippen molar-refractivity contribution in [1.29, 1.82) is 0 Å². The zero-order valence-corrected chi connectivity index (χ0v) is 15.3. The van der Waals surface area contributed by atoms with Crippen molar-refractivity contribution in [3.8, 4) is 28.5 Å². The fourth-order valence-electron chi connectivity index (χ4n) is 3.15. The molecule has 0 aliphatic carbocycles. The minimum atomic E-state index is -4.47. The SMILES string of the molecule is Cc1cc(-c2nnc(-c3ccc(F)cc3)n2-c2ccccc2)cc(C(F)(F)F)c1. The van der Waals surface area contributed by atoms with E-state index in [-0.39, 0.29) is 5.82 Å². The molecule has 146 valence electrons. The zero-order chi connectivity index (χ0) is 20.6. The minimum absolute atomic E-state index is 0.268. The van der Waals surface area contributed by atoms with Crippen LogP contribution in [0.25, 0.3) is 28.5 Å². The lowest BCUT2D eigenvalue weighted by Gasteiger charge is -2.13. The maximum atomic E-state index is 13.3. The van der Waals surface area contributed by atoms with Crippen molar-refractivity contribution in [3.63, 3.8) is 0 Å². The van der Waals surface area contributed by atoms with Gasteiger partial charge in [-0.05, 0) is 67.1 Å². The third-order valence-corrected chi connectivity index (χ3v) is 4.44. The van der Waals surface area contributed by atoms with Gasteiger partial charge in [0, 0.05) is 16.8 Å². The van der Waals surface area contributed by atoms with Crippen molar-refractivity contribution in [2.75, 3.05) is 0 Å². The first-order chi connectivity index (χ1) is 13.8. The molecule has 0 radical (unpaired) electrons. The Bertz CT molecular complexity index is 1150. The second-order valence-corrected chi connectivity index (χ2v) is 6.61. The molecule has 0 aliphatic rings. The molecule has 0 aliphatic heterocycles. The van der Waals surface area contributed by atoms with Gasteiger partial charge in [-0.3, -0.25) is 4.57 Å². The van der Waals surface area contributed by atoms with Gasteiger partial charge in [0.05, 0.1) is 5.56 Å². The van der Waals surface area contributed by atoms with Crippen molar-refractivity contribution in [2.24, 2.45) is 0 Å². The molecule has 7 heteroatoms. The third-order valence-electron chi connectivity index (χ3n) is 4.44. The molecule has 3 aromatic carbocycles. The van der Waals surface area contributed by atoms with Crippen LogP contribution in [0, 0.1) is 12.7 Å². The van der Waals surface area contributed by atoms with Crippen LogP contribution in [-0.4, -0.2) is 14.8 Å². The highest BCUT2D eigenvalue weighted by Gasteiger charge is 2.31. The highest BCUT2D eigenvalue weighted by Crippen LogP contribution is 2.35. The average Bonchev–Trinajstić information content (AvgIpc) is 3.13. The van der Waals surface area contributed by atoms with Gasteiger partial charge in [-0.15, -0.1) is 10.2 Å². The summed E-state index contributed by atoms with van der Waals surface area (Å²) in [6.07, 6.45) is -4.47. The van der Waals surface area contributed by atoms with E-state index in [1.165, 1.54) is 12.1 Å². The van der Waals surface area contributed by atoms with Crippen LogP contribution in [0.5, 0.6) is 0 Å². The molecule has 0 atom stereocenters. The fraction of sp³-hybridized carbons (Fsp3) is 0.0909. The summed E-state index contributed by atoms with van der Waals surface area (Å²) >= 11 is 0. The average molecular weight is 397 g/mol. The molecule has 0 unspecified atom stereocenters. The van der Waals surface area contributed by atoms with E-state index in [4.69, 9.17) is 0 Å². The number of alkyl halides is 3. The van der Waals surface area contributed by atoms with Crippen molar-refractivity contribution >= 4 is 0 Å². The summed E-state index contributed by atoms with van der Waals surface area (Å²) in [6, 6.07) is 18.6. The Hall–Kier alpha value is -3.48. The maximum Gasteiger partial charge on any atom is 0.416 e. The Labute approximate surface area is 164 Å². The van der Waals surface area contributed by atoms with Crippen LogP contribution in [-0.2, 0) is 6.18 Å². The summed E-state index contributed by atoms with van der Waals surface area (Å²) in [7, 11) is 0. The molecule has 4 aromatic rings. The third kappa shape index (κ3) is 3.76. The van der Waals surface area contributed by atoms with Gasteiger partial charge >= 0.3 is 6.18 Å². The van der Waals surface area contributed by atoms with E-state index in [0.717, 1.165) is 12.1 Å². The molecule has 1 heterocycles. The number of aromatic nitrogens is 3. The van der Waals surface area contributed by atoms with E-state index < -0.39 is 17.6 Å². The zero-order valence-electron chi connectivity index (χ0n) is 15.3. The molecule has 4 rings (SSSR count). The molecule has 3 nitrogen and oxygen atoms in total. The quantitative estimate of drug-likeness (QED) is 0.393. The standard InChI is InChI=1S/C22H15F4N3/c1-14-11-16(13-17(12-14)22(24,25)26)21-28-27-20(15-7-9-18(23)10-8-15)29(21)19-5-3-2-4-6-19/h2-13H,1H3. The fourth-order valence-corrected chi connectivity index (χ4v) is 3.15. The number of nitrogens with zero attached hydrogens (tertiary/aromatic N) is 3. The summed E-state index contributed by atoms with van der Waals surface area (Å²) in [5.74, 6) is 0.277. The monoisotopic (exact) mass is 397 g/mol. The lowest BCUT2D eigenvalue weighted by molar-refractivity contribution is -0.137. The first-order valence-corrected chi connectivity index (χ1v) is 8.79. The van der Waals surface area contributed by atoms with E-state index in [1.807, 2.05) is 18.2 Å². The van der Waals surface area contributed by atoms with E-state index >= 15 is 0 Å². The number of benzene rings is 3. The van der Waals surface area contributed by atoms with Crippen LogP contribution in [0.15, 0.2) is 72.8 Å². The largest absolute Gasteiger partial charge is 0.416 e. The van der Waals surface area contributed by atoms with E-state index in [9.17, 15) is 17.6 Å². The number of para-hydroxylation sites is 1. The Balaban J connectivity index is 1.96. The van der Waals surface area contributed by atoms with Crippen molar-refractivity contribution in [2.45, 2.75) is 13.1 Å². The summed E-state index contributed by atoms with van der Waals surface area (Å²) in [5.41, 5.74) is 1.28. The van der Waals surface area contributed by atoms with Gasteiger partial charge in [-0.1, -0.05) is 18.2 Å². The molecule has 0 N–H and O–H groups in total. The number of halogens is 4. The van der Waals surface area contributed by atoms with Crippen LogP contribution in [0.3, 0.4) is 0 Å². The Kier molecular flexibility index (Phi) is 4.66. The normalized spacial score (nSPS) is 11.6. The predicted octanol–water partition coefficient (Wildman–Crippen LogP) is 6.07. The first-order valence-electron chi connectivity index (χ1n) is 8.79. The van der Waals surface area contributed by atoms with E-state index in [0.29, 0.717) is 28.2 Å². The van der Waals surface area contributed by atoms with Gasteiger partial charge in [0.2, 0.25) is 0 Å². The van der Waals surface area contributed by atoms with Crippen molar-refractivity contribution in [1.82, 2.24) is 14.8 Å². The predicted molar refractivity (Wildman–Crippen MR) is 102 cm³/mol. The van der Waals surface area contributed by atoms with Crippen molar-refractivity contribution in [3.05, 3.63) is 89.7 Å². The minimum Gasteiger partial charge on any atom is -0.275 e. The van der Waals surface area contributed by atoms with Gasteiger partial charge in [0.25, 0.3) is 0 Å². The van der Waals surface area contributed by atoms with Gasteiger partial charge in [0.15, 0.2) is 11.6 Å². The molecule has 29 heavy (non-hydrogen) atoms.